The highest BCUT2D eigenvalue weighted by atomic mass is 79.9. The number of halogens is 25. The minimum atomic E-state index is -6.13. The number of aromatic nitrogens is 1. The van der Waals surface area contributed by atoms with E-state index < -0.39 is 195 Å². The van der Waals surface area contributed by atoms with Gasteiger partial charge in [-0.2, -0.15) is 132 Å². The van der Waals surface area contributed by atoms with Gasteiger partial charge >= 0.3 is 49.4 Å². The van der Waals surface area contributed by atoms with Crippen molar-refractivity contribution < 1.29 is 115 Å². The molecule has 0 spiro atoms. The Hall–Kier alpha value is -6.22. The molecule has 6 rings (SSSR count). The van der Waals surface area contributed by atoms with Crippen LogP contribution in [0, 0.1) is 0 Å². The van der Waals surface area contributed by atoms with E-state index in [0.29, 0.717) is 6.54 Å². The Balaban J connectivity index is 0.000000500. The van der Waals surface area contributed by atoms with E-state index in [1.807, 2.05) is 59.4 Å². The fraction of sp³-hybridized carbons (Fsp3) is 0.217. The van der Waals surface area contributed by atoms with Crippen LogP contribution in [0.2, 0.25) is 0 Å². The number of alkyl halides is 25. The Morgan fingerprint density at radius 2 is 0.595 bits per heavy atom. The number of nitrogens with zero attached hydrogens (tertiary/aromatic N) is 1. The summed E-state index contributed by atoms with van der Waals surface area (Å²) >= 11 is 3.39. The molecule has 398 valence electrons. The number of benzene rings is 5. The second-order valence-corrected chi connectivity index (χ2v) is 16.6. The van der Waals surface area contributed by atoms with E-state index in [-0.39, 0.29) is 5.78 Å². The normalized spacial score (nSPS) is 13.4. The van der Waals surface area contributed by atoms with Crippen LogP contribution in [0.5, 0.6) is 0 Å². The molecule has 0 fully saturated rings. The lowest BCUT2D eigenvalue weighted by atomic mass is 9.12. The third kappa shape index (κ3) is 13.7. The molecule has 0 radical (unpaired) electrons. The van der Waals surface area contributed by atoms with Crippen LogP contribution in [0.4, 0.5) is 105 Å². The van der Waals surface area contributed by atoms with Gasteiger partial charge in [0.2, 0.25) is 12.3 Å². The highest BCUT2D eigenvalue weighted by molar-refractivity contribution is 9.08. The summed E-state index contributed by atoms with van der Waals surface area (Å²) in [6, 6.07) is 4.56. The van der Waals surface area contributed by atoms with Gasteiger partial charge in [-0.1, -0.05) is 94.8 Å². The molecule has 28 heteroatoms. The highest BCUT2D eigenvalue weighted by Crippen LogP contribution is 2.41. The van der Waals surface area contributed by atoms with Crippen LogP contribution in [0.3, 0.4) is 0 Å². The fourth-order valence-corrected chi connectivity index (χ4v) is 8.01. The maximum Gasteiger partial charge on any atom is 0.416 e. The molecule has 2 nitrogen and oxygen atoms in total. The maximum atomic E-state index is 14.2. The first-order valence-corrected chi connectivity index (χ1v) is 21.2. The van der Waals surface area contributed by atoms with Gasteiger partial charge in [-0.15, -0.1) is 0 Å². The van der Waals surface area contributed by atoms with Crippen LogP contribution in [0.25, 0.3) is 0 Å². The highest BCUT2D eigenvalue weighted by Gasteiger charge is 2.47. The molecule has 0 aliphatic rings. The predicted molar refractivity (Wildman–Crippen MR) is 220 cm³/mol. The molecule has 1 aromatic heterocycles. The number of rotatable bonds is 8. The topological polar surface area (TPSA) is 20.9 Å². The standard InChI is InChI=1S/C32H12BF24.C14H13BrNO/c34-25(35,36)13-1-14(26(37,38)39)6-21(5-13)33(22-7-15(27(40,41)42)2-16(8-22)28(43,44)45,23-9-17(29(46,47)48)3-18(10-23)30(49,50)51)24-11-19(31(52,53)54)4-20(12-24)32(55,56)57;15-10-12-6-8-16(9-7-12)11-14(17)13-4-2-1-3-5-13/h1-12H;1-9H,10-11H2/q-1;+1. The SMILES string of the molecule is FC(F)(F)c1cc([B-](c2cc(C(F)(F)F)cc(C(F)(F)F)c2)(c2cc(C(F)(F)F)cc(C(F)(F)F)c2)c2cc(C(F)(F)F)cc(C(F)(F)F)c2)cc(C(F)(F)F)c1.O=C(C[n+]1ccc(CBr)cc1)c1ccccc1. The summed E-state index contributed by atoms with van der Waals surface area (Å²) in [6.45, 7) is 0.382. The van der Waals surface area contributed by atoms with E-state index >= 15 is 0 Å². The zero-order valence-corrected chi connectivity index (χ0v) is 37.5. The lowest BCUT2D eigenvalue weighted by Crippen LogP contribution is -2.75. The summed E-state index contributed by atoms with van der Waals surface area (Å²) in [5, 5.41) is 0.834. The maximum absolute atomic E-state index is 14.2. The van der Waals surface area contributed by atoms with E-state index in [0.717, 1.165) is 10.9 Å². The number of ketones is 1. The number of carbonyl (C=O) groups excluding carboxylic acids is 1. The molecule has 0 bridgehead atoms. The molecular formula is C46H25BBrF24NO. The Morgan fingerprint density at radius 1 is 0.365 bits per heavy atom. The van der Waals surface area contributed by atoms with E-state index in [1.54, 1.807) is 0 Å². The van der Waals surface area contributed by atoms with Gasteiger partial charge in [0.25, 0.3) is 0 Å². The summed E-state index contributed by atoms with van der Waals surface area (Å²) in [4.78, 5) is 11.9. The van der Waals surface area contributed by atoms with Crippen molar-refractivity contribution in [3.05, 3.63) is 183 Å². The van der Waals surface area contributed by atoms with Gasteiger partial charge in [0, 0.05) is 23.0 Å². The van der Waals surface area contributed by atoms with Crippen molar-refractivity contribution in [2.75, 3.05) is 0 Å². The Bertz CT molecular complexity index is 2530. The quantitative estimate of drug-likeness (QED) is 0.0489. The molecule has 1 heterocycles. The smallest absolute Gasteiger partial charge is 0.287 e. The number of hydrogen-bond donors (Lipinski definition) is 0. The van der Waals surface area contributed by atoms with Crippen molar-refractivity contribution in [3.8, 4) is 0 Å². The van der Waals surface area contributed by atoms with Crippen molar-refractivity contribution in [2.24, 2.45) is 0 Å². The largest absolute Gasteiger partial charge is 0.416 e. The first-order chi connectivity index (χ1) is 33.6. The number of hydrogen-bond acceptors (Lipinski definition) is 1. The van der Waals surface area contributed by atoms with Crippen molar-refractivity contribution in [3.63, 3.8) is 0 Å². The molecule has 0 unspecified atom stereocenters. The molecule has 0 saturated carbocycles. The average molecular weight is 1150 g/mol. The Labute approximate surface area is 408 Å². The Morgan fingerprint density at radius 3 is 0.797 bits per heavy atom. The number of Topliss-reactive ketones (excluding diaryl/α,β-unsaturated/α-hetero) is 1. The van der Waals surface area contributed by atoms with Gasteiger partial charge in [0.15, 0.2) is 12.4 Å². The van der Waals surface area contributed by atoms with E-state index in [4.69, 9.17) is 0 Å². The van der Waals surface area contributed by atoms with Crippen LogP contribution in [0.1, 0.15) is 60.4 Å². The number of carbonyl (C=O) groups is 1. The van der Waals surface area contributed by atoms with E-state index in [9.17, 15) is 110 Å². The van der Waals surface area contributed by atoms with Crippen molar-refractivity contribution >= 4 is 49.7 Å². The van der Waals surface area contributed by atoms with Gasteiger partial charge < -0.3 is 0 Å². The van der Waals surface area contributed by atoms with Crippen LogP contribution < -0.4 is 26.4 Å². The molecular weight excluding hydrogens is 1130 g/mol. The van der Waals surface area contributed by atoms with Crippen LogP contribution in [-0.4, -0.2) is 11.9 Å². The Kier molecular flexibility index (Phi) is 16.2. The lowest BCUT2D eigenvalue weighted by molar-refractivity contribution is -0.683. The minimum Gasteiger partial charge on any atom is -0.287 e. The molecule has 74 heavy (non-hydrogen) atoms. The van der Waals surface area contributed by atoms with Gasteiger partial charge in [0.1, 0.15) is 6.15 Å². The molecule has 0 amide bonds. The third-order valence-electron chi connectivity index (χ3n) is 11.0. The van der Waals surface area contributed by atoms with Crippen molar-refractivity contribution in [1.29, 1.82) is 0 Å². The monoisotopic (exact) mass is 1150 g/mol. The van der Waals surface area contributed by atoms with Crippen LogP contribution in [-0.2, 0) is 61.3 Å². The zero-order valence-electron chi connectivity index (χ0n) is 35.9. The lowest BCUT2D eigenvalue weighted by Gasteiger charge is -2.46. The fourth-order valence-electron chi connectivity index (χ4n) is 7.63. The summed E-state index contributed by atoms with van der Waals surface area (Å²) in [6.07, 6.45) is -51.0. The molecule has 0 aliphatic carbocycles. The summed E-state index contributed by atoms with van der Waals surface area (Å²) in [7, 11) is 0. The van der Waals surface area contributed by atoms with Gasteiger partial charge in [-0.25, -0.2) is 0 Å². The summed E-state index contributed by atoms with van der Waals surface area (Å²) < 4.78 is 343. The van der Waals surface area contributed by atoms with Gasteiger partial charge in [-0.3, -0.25) is 4.79 Å². The van der Waals surface area contributed by atoms with E-state index in [2.05, 4.69) is 15.9 Å². The molecule has 0 atom stereocenters. The first-order valence-electron chi connectivity index (χ1n) is 20.0. The molecule has 0 aliphatic heterocycles. The van der Waals surface area contributed by atoms with Gasteiger partial charge in [0.05, 0.1) is 44.5 Å². The molecule has 0 saturated heterocycles. The van der Waals surface area contributed by atoms with Gasteiger partial charge in [-0.05, 0) is 29.8 Å². The van der Waals surface area contributed by atoms with Crippen LogP contribution >= 0.6 is 15.9 Å². The second-order valence-electron chi connectivity index (χ2n) is 16.0. The first kappa shape index (κ1) is 58.7. The zero-order chi connectivity index (χ0) is 56.0. The van der Waals surface area contributed by atoms with Crippen molar-refractivity contribution in [2.45, 2.75) is 61.3 Å². The van der Waals surface area contributed by atoms with Crippen LogP contribution in [0.15, 0.2) is 128 Å². The second kappa shape index (κ2) is 20.5. The predicted octanol–water partition coefficient (Wildman–Crippen LogP) is 14.0. The molecule has 0 N–H and O–H groups in total. The molecule has 6 aromatic rings. The average Bonchev–Trinajstić information content (AvgIpc) is 3.27. The third-order valence-corrected chi connectivity index (χ3v) is 11.6. The minimum absolute atomic E-state index is 0.127. The summed E-state index contributed by atoms with van der Waals surface area (Å²) in [5.74, 6) is 0.127. The van der Waals surface area contributed by atoms with Crippen molar-refractivity contribution in [1.82, 2.24) is 0 Å². The number of pyridine rings is 1. The van der Waals surface area contributed by atoms with E-state index in [1.165, 1.54) is 5.56 Å². The summed E-state index contributed by atoms with van der Waals surface area (Å²) in [5.41, 5.74) is -28.2. The molecule has 5 aromatic carbocycles.